The molecule has 0 aliphatic carbocycles. The minimum Gasteiger partial charge on any atom is -0.444 e. The topological polar surface area (TPSA) is 75.9 Å². The molecule has 0 aromatic carbocycles. The predicted octanol–water partition coefficient (Wildman–Crippen LogP) is 3.51. The van der Waals surface area contributed by atoms with Crippen molar-refractivity contribution >= 4 is 33.3 Å². The van der Waals surface area contributed by atoms with Crippen molar-refractivity contribution in [1.82, 2.24) is 15.0 Å². The SMILES string of the molecule is CNc1nc(NC(C)c2ncc(C)o2)c2cc(C)sc2n1. The fourth-order valence-electron chi connectivity index (χ4n) is 2.10. The van der Waals surface area contributed by atoms with Crippen molar-refractivity contribution in [3.8, 4) is 0 Å². The minimum absolute atomic E-state index is 0.0679. The van der Waals surface area contributed by atoms with E-state index in [1.54, 1.807) is 17.5 Å². The number of hydrogen-bond donors (Lipinski definition) is 2. The van der Waals surface area contributed by atoms with E-state index in [9.17, 15) is 0 Å². The fourth-order valence-corrected chi connectivity index (χ4v) is 2.98. The molecule has 3 aromatic rings. The van der Waals surface area contributed by atoms with E-state index >= 15 is 0 Å². The van der Waals surface area contributed by atoms with Gasteiger partial charge < -0.3 is 15.1 Å². The summed E-state index contributed by atoms with van der Waals surface area (Å²) in [6, 6.07) is 2.02. The van der Waals surface area contributed by atoms with Gasteiger partial charge in [-0.3, -0.25) is 0 Å². The zero-order valence-electron chi connectivity index (χ0n) is 12.4. The maximum atomic E-state index is 5.56. The largest absolute Gasteiger partial charge is 0.444 e. The molecule has 3 aromatic heterocycles. The van der Waals surface area contributed by atoms with Crippen molar-refractivity contribution in [2.45, 2.75) is 26.8 Å². The van der Waals surface area contributed by atoms with Gasteiger partial charge in [0.2, 0.25) is 11.8 Å². The van der Waals surface area contributed by atoms with Gasteiger partial charge in [-0.15, -0.1) is 11.3 Å². The quantitative estimate of drug-likeness (QED) is 0.768. The third-order valence-corrected chi connectivity index (χ3v) is 4.05. The second-order valence-electron chi connectivity index (χ2n) is 4.90. The van der Waals surface area contributed by atoms with Crippen LogP contribution in [0.4, 0.5) is 11.8 Å². The van der Waals surface area contributed by atoms with Crippen LogP contribution in [0.25, 0.3) is 10.2 Å². The first-order valence-electron chi connectivity index (χ1n) is 6.71. The molecule has 1 unspecified atom stereocenters. The molecule has 0 spiro atoms. The minimum atomic E-state index is -0.0679. The van der Waals surface area contributed by atoms with E-state index in [2.05, 4.69) is 38.6 Å². The Labute approximate surface area is 126 Å². The molecule has 0 bridgehead atoms. The molecule has 0 radical (unpaired) electrons. The molecule has 7 heteroatoms. The highest BCUT2D eigenvalue weighted by Gasteiger charge is 2.16. The van der Waals surface area contributed by atoms with Crippen LogP contribution in [0.5, 0.6) is 0 Å². The van der Waals surface area contributed by atoms with E-state index in [1.807, 2.05) is 20.9 Å². The smallest absolute Gasteiger partial charge is 0.225 e. The molecule has 21 heavy (non-hydrogen) atoms. The third kappa shape index (κ3) is 2.69. The van der Waals surface area contributed by atoms with Gasteiger partial charge in [0.25, 0.3) is 0 Å². The Kier molecular flexibility index (Phi) is 3.50. The highest BCUT2D eigenvalue weighted by atomic mass is 32.1. The first kappa shape index (κ1) is 13.8. The molecule has 0 fully saturated rings. The molecule has 3 heterocycles. The van der Waals surface area contributed by atoms with Crippen molar-refractivity contribution in [2.24, 2.45) is 0 Å². The highest BCUT2D eigenvalue weighted by molar-refractivity contribution is 7.18. The van der Waals surface area contributed by atoms with Crippen molar-refractivity contribution < 1.29 is 4.42 Å². The van der Waals surface area contributed by atoms with Gasteiger partial charge >= 0.3 is 0 Å². The Morgan fingerprint density at radius 2 is 2.10 bits per heavy atom. The standard InChI is InChI=1S/C14H17N5OS/c1-7-6-16-12(20-7)9(3)17-11-10-5-8(2)21-13(10)19-14(15-4)18-11/h5-6,9H,1-4H3,(H2,15,17,18,19). The lowest BCUT2D eigenvalue weighted by Gasteiger charge is -2.12. The molecule has 0 aliphatic rings. The summed E-state index contributed by atoms with van der Waals surface area (Å²) in [5.41, 5.74) is 0. The summed E-state index contributed by atoms with van der Waals surface area (Å²) in [6.45, 7) is 5.95. The van der Waals surface area contributed by atoms with Crippen LogP contribution >= 0.6 is 11.3 Å². The van der Waals surface area contributed by atoms with E-state index < -0.39 is 0 Å². The number of aromatic nitrogens is 3. The zero-order valence-corrected chi connectivity index (χ0v) is 13.2. The van der Waals surface area contributed by atoms with E-state index in [1.165, 1.54) is 4.88 Å². The Bertz CT molecular complexity index is 779. The zero-order chi connectivity index (χ0) is 15.0. The van der Waals surface area contributed by atoms with Crippen LogP contribution in [0.1, 0.15) is 29.5 Å². The Balaban J connectivity index is 1.98. The summed E-state index contributed by atoms with van der Waals surface area (Å²) in [7, 11) is 1.81. The fraction of sp³-hybridized carbons (Fsp3) is 0.357. The molecular weight excluding hydrogens is 286 g/mol. The van der Waals surface area contributed by atoms with Gasteiger partial charge in [-0.2, -0.15) is 4.98 Å². The van der Waals surface area contributed by atoms with Gasteiger partial charge in [0.1, 0.15) is 22.5 Å². The van der Waals surface area contributed by atoms with E-state index in [-0.39, 0.29) is 6.04 Å². The van der Waals surface area contributed by atoms with Crippen LogP contribution in [-0.2, 0) is 0 Å². The van der Waals surface area contributed by atoms with Gasteiger partial charge in [-0.1, -0.05) is 0 Å². The maximum Gasteiger partial charge on any atom is 0.225 e. The predicted molar refractivity (Wildman–Crippen MR) is 85.0 cm³/mol. The molecule has 0 saturated carbocycles. The Morgan fingerprint density at radius 1 is 1.29 bits per heavy atom. The molecule has 1 atom stereocenters. The second-order valence-corrected chi connectivity index (χ2v) is 6.13. The van der Waals surface area contributed by atoms with Crippen LogP contribution < -0.4 is 10.6 Å². The Hall–Kier alpha value is -2.15. The normalized spacial score (nSPS) is 12.6. The van der Waals surface area contributed by atoms with Crippen LogP contribution in [-0.4, -0.2) is 22.0 Å². The van der Waals surface area contributed by atoms with Crippen molar-refractivity contribution in [3.63, 3.8) is 0 Å². The van der Waals surface area contributed by atoms with Crippen LogP contribution in [0.2, 0.25) is 0 Å². The summed E-state index contributed by atoms with van der Waals surface area (Å²) in [6.07, 6.45) is 1.72. The van der Waals surface area contributed by atoms with Crippen molar-refractivity contribution in [1.29, 1.82) is 0 Å². The van der Waals surface area contributed by atoms with E-state index in [0.717, 1.165) is 21.8 Å². The number of oxazole rings is 1. The maximum absolute atomic E-state index is 5.56. The van der Waals surface area contributed by atoms with E-state index in [0.29, 0.717) is 11.8 Å². The van der Waals surface area contributed by atoms with Crippen LogP contribution in [0, 0.1) is 13.8 Å². The molecule has 3 rings (SSSR count). The number of nitrogens with zero attached hydrogens (tertiary/aromatic N) is 3. The molecule has 110 valence electrons. The van der Waals surface area contributed by atoms with Gasteiger partial charge in [0.05, 0.1) is 11.6 Å². The number of anilines is 2. The average Bonchev–Trinajstić information content (AvgIpc) is 3.03. The lowest BCUT2D eigenvalue weighted by molar-refractivity contribution is 0.453. The summed E-state index contributed by atoms with van der Waals surface area (Å²) < 4.78 is 5.56. The van der Waals surface area contributed by atoms with Crippen molar-refractivity contribution in [2.75, 3.05) is 17.7 Å². The second kappa shape index (κ2) is 5.33. The summed E-state index contributed by atoms with van der Waals surface area (Å²) in [5, 5.41) is 7.37. The van der Waals surface area contributed by atoms with Gasteiger partial charge in [0.15, 0.2) is 0 Å². The van der Waals surface area contributed by atoms with Gasteiger partial charge in [-0.05, 0) is 26.8 Å². The third-order valence-electron chi connectivity index (χ3n) is 3.10. The highest BCUT2D eigenvalue weighted by Crippen LogP contribution is 2.31. The summed E-state index contributed by atoms with van der Waals surface area (Å²) in [5.74, 6) is 2.84. The van der Waals surface area contributed by atoms with Gasteiger partial charge in [0, 0.05) is 11.9 Å². The molecular formula is C14H17N5OS. The van der Waals surface area contributed by atoms with Gasteiger partial charge in [-0.25, -0.2) is 9.97 Å². The first-order chi connectivity index (χ1) is 10.1. The molecule has 0 aliphatic heterocycles. The van der Waals surface area contributed by atoms with Crippen LogP contribution in [0.3, 0.4) is 0 Å². The Morgan fingerprint density at radius 3 is 2.76 bits per heavy atom. The van der Waals surface area contributed by atoms with Crippen LogP contribution in [0.15, 0.2) is 16.7 Å². The summed E-state index contributed by atoms with van der Waals surface area (Å²) >= 11 is 1.65. The number of rotatable bonds is 4. The number of fused-ring (bicyclic) bond motifs is 1. The van der Waals surface area contributed by atoms with Crippen molar-refractivity contribution in [3.05, 3.63) is 28.8 Å². The molecule has 6 nitrogen and oxygen atoms in total. The lowest BCUT2D eigenvalue weighted by Crippen LogP contribution is -2.10. The average molecular weight is 303 g/mol. The molecule has 0 amide bonds. The van der Waals surface area contributed by atoms with E-state index in [4.69, 9.17) is 4.42 Å². The molecule has 2 N–H and O–H groups in total. The molecule has 0 saturated heterocycles. The number of thiophene rings is 1. The monoisotopic (exact) mass is 303 g/mol. The number of hydrogen-bond acceptors (Lipinski definition) is 7. The number of nitrogens with one attached hydrogen (secondary N) is 2. The summed E-state index contributed by atoms with van der Waals surface area (Å²) in [4.78, 5) is 15.4. The lowest BCUT2D eigenvalue weighted by atomic mass is 10.3. The first-order valence-corrected chi connectivity index (χ1v) is 7.53. The number of aryl methyl sites for hydroxylation is 2.